The monoisotopic (exact) mass is 864 g/mol. The predicted octanol–water partition coefficient (Wildman–Crippen LogP) is 10.4. The number of rotatable bonds is 20. The molecule has 0 unspecified atom stereocenters. The number of hydrogen-bond acceptors (Lipinski definition) is 12. The molecule has 0 fully saturated rings. The average molecular weight is 866 g/mol. The van der Waals surface area contributed by atoms with Gasteiger partial charge in [-0.3, -0.25) is 0 Å². The Hall–Kier alpha value is 4.30. The zero-order chi connectivity index (χ0) is 32.1. The van der Waals surface area contributed by atoms with Crippen molar-refractivity contribution in [1.29, 1.82) is 0 Å². The van der Waals surface area contributed by atoms with E-state index in [0.29, 0.717) is 52.9 Å². The Kier molecular flexibility index (Phi) is 47.5. The van der Waals surface area contributed by atoms with Crippen LogP contribution in [0.5, 0.6) is 0 Å². The van der Waals surface area contributed by atoms with E-state index in [1.807, 2.05) is 55.4 Å². The van der Waals surface area contributed by atoms with E-state index in [1.165, 1.54) is 0 Å². The molecule has 0 amide bonds. The smallest absolute Gasteiger partial charge is 0.244 e. The van der Waals surface area contributed by atoms with Crippen molar-refractivity contribution in [2.45, 2.75) is 81.1 Å². The molecule has 0 spiro atoms. The first-order chi connectivity index (χ1) is 18.5. The summed E-state index contributed by atoms with van der Waals surface area (Å²) in [5, 5.41) is 0. The zero-order valence-electron chi connectivity index (χ0n) is 25.7. The number of hydrogen-bond donors (Lipinski definition) is 4. The normalized spacial score (nSPS) is 11.6. The average Bonchev–Trinajstić information content (AvgIpc) is 2.85. The van der Waals surface area contributed by atoms with Gasteiger partial charge in [-0.2, -0.15) is 0 Å². The molecule has 0 bridgehead atoms. The third kappa shape index (κ3) is 48.8. The maximum absolute atomic E-state index is 5.25. The third-order valence-electron chi connectivity index (χ3n) is 3.00. The molecule has 8 nitrogen and oxygen atoms in total. The largest absolute Gasteiger partial charge is 0.322 e. The Morgan fingerprint density at radius 1 is 0.366 bits per heavy atom. The molecule has 0 aliphatic carbocycles. The van der Waals surface area contributed by atoms with Gasteiger partial charge in [-0.25, -0.2) is 0 Å². The van der Waals surface area contributed by atoms with Crippen molar-refractivity contribution in [2.75, 3.05) is 52.9 Å². The summed E-state index contributed by atoms with van der Waals surface area (Å²) in [6.07, 6.45) is 3.81. The summed E-state index contributed by atoms with van der Waals surface area (Å²) in [4.78, 5) is 0. The first-order valence-corrected chi connectivity index (χ1v) is 28.1. The molecule has 0 aromatic rings. The van der Waals surface area contributed by atoms with Crippen molar-refractivity contribution >= 4 is 119 Å². The van der Waals surface area contributed by atoms with Gasteiger partial charge in [0.15, 0.2) is 0 Å². The minimum absolute atomic E-state index is 0. The van der Waals surface area contributed by atoms with E-state index in [9.17, 15) is 0 Å². The minimum Gasteiger partial charge on any atom is -0.322 e. The van der Waals surface area contributed by atoms with Crippen LogP contribution in [-0.2, 0) is 103 Å². The Balaban J connectivity index is -0.000000140. The van der Waals surface area contributed by atoms with Crippen LogP contribution in [0.2, 0.25) is 0 Å². The molecule has 41 heavy (non-hydrogen) atoms. The molecule has 250 valence electrons. The third-order valence-corrected chi connectivity index (χ3v) is 12.7. The predicted molar refractivity (Wildman–Crippen MR) is 205 cm³/mol. The Morgan fingerprint density at radius 3 is 0.634 bits per heavy atom. The Morgan fingerprint density at radius 2 is 0.512 bits per heavy atom. The molecule has 0 aliphatic rings. The molecule has 0 heterocycles. The van der Waals surface area contributed by atoms with Gasteiger partial charge in [0.1, 0.15) is 0 Å². The molecule has 0 aromatic heterocycles. The summed E-state index contributed by atoms with van der Waals surface area (Å²) >= 11 is 36.1. The van der Waals surface area contributed by atoms with Crippen molar-refractivity contribution < 1.29 is 55.7 Å². The molecule has 0 rings (SSSR count). The maximum atomic E-state index is 5.25. The second-order valence-electron chi connectivity index (χ2n) is 6.88. The van der Waals surface area contributed by atoms with Crippen molar-refractivity contribution in [3.63, 3.8) is 0 Å². The molecule has 0 aliphatic heterocycles. The molecule has 0 aromatic carbocycles. The summed E-state index contributed by atoms with van der Waals surface area (Å²) < 4.78 is 41.1. The van der Waals surface area contributed by atoms with Crippen molar-refractivity contribution in [1.82, 2.24) is 0 Å². The van der Waals surface area contributed by atoms with Gasteiger partial charge in [-0.15, -0.1) is 0 Å². The second-order valence-corrected chi connectivity index (χ2v) is 28.0. The standard InChI is InChI=1S/2C6H15O2PS2.2C4H11O2PS2.Zn/c2*1-3-5-7-9(10,11)8-6-4-2;2*1-3-5-7(8,9)6-4-2;/h2*3-6H2,1-2H3,(H,10,11);2*3-4H2,1-2H3,(H,8,9);. The van der Waals surface area contributed by atoms with E-state index in [1.54, 1.807) is 0 Å². The zero-order valence-corrected chi connectivity index (χ0v) is 39.1. The molecule has 21 heteroatoms. The fourth-order valence-corrected chi connectivity index (χ4v) is 9.41. The van der Waals surface area contributed by atoms with Crippen LogP contribution >= 0.6 is 71.8 Å². The van der Waals surface area contributed by atoms with E-state index < -0.39 is 22.8 Å². The fourth-order valence-electron chi connectivity index (χ4n) is 1.63. The van der Waals surface area contributed by atoms with Crippen LogP contribution in [0.15, 0.2) is 0 Å². The quantitative estimate of drug-likeness (QED) is 0.0535. The van der Waals surface area contributed by atoms with Gasteiger partial charge in [0.2, 0.25) is 22.8 Å². The van der Waals surface area contributed by atoms with E-state index >= 15 is 0 Å². The fraction of sp³-hybridized carbons (Fsp3) is 1.00. The Labute approximate surface area is 305 Å². The van der Waals surface area contributed by atoms with Gasteiger partial charge >= 0.3 is 0 Å². The Bertz CT molecular complexity index is 658. The summed E-state index contributed by atoms with van der Waals surface area (Å²) in [6, 6.07) is 0. The van der Waals surface area contributed by atoms with Gasteiger partial charge in [-0.1, -0.05) is 76.7 Å². The molecule has 0 radical (unpaired) electrons. The van der Waals surface area contributed by atoms with Crippen LogP contribution in [0.4, 0.5) is 0 Å². The van der Waals surface area contributed by atoms with Gasteiger partial charge < -0.3 is 36.2 Å². The molecular formula is C20H52O8P4S8Zn. The molecule has 0 N–H and O–H groups in total. The van der Waals surface area contributed by atoms with E-state index in [4.69, 9.17) is 83.4 Å². The maximum Gasteiger partial charge on any atom is 0.244 e. The SMILES string of the molecule is CCCOP(=S)(S)OCCC.CCCOP(=S)(S)OCCC.CCOP(=S)(S)OCC.CCOP(=S)(S)OCC.[Zn]. The van der Waals surface area contributed by atoms with Gasteiger partial charge in [0.05, 0.1) is 52.9 Å². The van der Waals surface area contributed by atoms with Gasteiger partial charge in [-0.05, 0) is 101 Å². The van der Waals surface area contributed by atoms with E-state index in [-0.39, 0.29) is 19.5 Å². The first kappa shape index (κ1) is 54.7. The topological polar surface area (TPSA) is 73.8 Å². The molecule has 0 atom stereocenters. The number of thiol groups is 4. The van der Waals surface area contributed by atoms with Gasteiger partial charge in [0.25, 0.3) is 0 Å². The second kappa shape index (κ2) is 35.6. The van der Waals surface area contributed by atoms with Crippen molar-refractivity contribution in [2.24, 2.45) is 0 Å². The summed E-state index contributed by atoms with van der Waals surface area (Å²) in [6.45, 7) is 20.5. The molecular weight excluding hydrogens is 814 g/mol. The van der Waals surface area contributed by atoms with Crippen LogP contribution in [0.3, 0.4) is 0 Å². The molecule has 0 saturated heterocycles. The summed E-state index contributed by atoms with van der Waals surface area (Å²) in [5.74, 6) is 0. The summed E-state index contributed by atoms with van der Waals surface area (Å²) in [7, 11) is 0. The molecule has 0 saturated carbocycles. The van der Waals surface area contributed by atoms with Crippen LogP contribution in [0.25, 0.3) is 0 Å². The van der Waals surface area contributed by atoms with E-state index in [2.05, 4.69) is 49.0 Å². The first-order valence-electron chi connectivity index (χ1n) is 13.0. The minimum atomic E-state index is -2.20. The van der Waals surface area contributed by atoms with Crippen molar-refractivity contribution in [3.05, 3.63) is 0 Å². The van der Waals surface area contributed by atoms with Gasteiger partial charge in [0, 0.05) is 19.5 Å². The summed E-state index contributed by atoms with van der Waals surface area (Å²) in [5.41, 5.74) is -8.73. The van der Waals surface area contributed by atoms with Crippen LogP contribution in [0, 0.1) is 0 Å². The van der Waals surface area contributed by atoms with Crippen LogP contribution < -0.4 is 0 Å². The van der Waals surface area contributed by atoms with Crippen molar-refractivity contribution in [3.8, 4) is 0 Å². The van der Waals surface area contributed by atoms with Crippen LogP contribution in [-0.4, -0.2) is 52.9 Å². The van der Waals surface area contributed by atoms with Crippen LogP contribution in [0.1, 0.15) is 81.1 Å². The van der Waals surface area contributed by atoms with E-state index in [0.717, 1.165) is 25.7 Å².